The van der Waals surface area contributed by atoms with Crippen molar-refractivity contribution in [2.45, 2.75) is 24.7 Å². The first-order valence-electron chi connectivity index (χ1n) is 6.05. The van der Waals surface area contributed by atoms with Crippen LogP contribution in [-0.4, -0.2) is 25.5 Å². The molecule has 0 saturated carbocycles. The van der Waals surface area contributed by atoms with Gasteiger partial charge in [0, 0.05) is 35.9 Å². The second-order valence-corrected chi connectivity index (χ2v) is 5.48. The highest BCUT2D eigenvalue weighted by molar-refractivity contribution is 6.30. The zero-order valence-corrected chi connectivity index (χ0v) is 12.9. The smallest absolute Gasteiger partial charge is 0.0462 e. The Labute approximate surface area is 124 Å². The molecule has 1 nitrogen and oxygen atoms in total. The van der Waals surface area contributed by atoms with Gasteiger partial charge in [-0.3, -0.25) is 0 Å². The summed E-state index contributed by atoms with van der Waals surface area (Å²) >= 11 is 18.2. The van der Waals surface area contributed by atoms with E-state index >= 15 is 0 Å². The molecule has 0 aliphatic carbocycles. The van der Waals surface area contributed by atoms with Crippen LogP contribution in [0.1, 0.15) is 24.8 Å². The van der Waals surface area contributed by atoms with Crippen LogP contribution in [0.2, 0.25) is 5.02 Å². The van der Waals surface area contributed by atoms with E-state index in [4.69, 9.17) is 39.5 Å². The van der Waals surface area contributed by atoms with Crippen molar-refractivity contribution in [2.24, 2.45) is 0 Å². The molecule has 0 aliphatic rings. The maximum Gasteiger partial charge on any atom is 0.0462 e. The van der Waals surface area contributed by atoms with E-state index in [0.717, 1.165) is 36.5 Å². The number of ether oxygens (including phenoxy) is 1. The van der Waals surface area contributed by atoms with Crippen molar-refractivity contribution in [3.63, 3.8) is 0 Å². The van der Waals surface area contributed by atoms with Gasteiger partial charge in [-0.2, -0.15) is 0 Å². The van der Waals surface area contributed by atoms with E-state index in [9.17, 15) is 0 Å². The van der Waals surface area contributed by atoms with Gasteiger partial charge in [0.25, 0.3) is 0 Å². The highest BCUT2D eigenvalue weighted by Gasteiger charge is 2.29. The summed E-state index contributed by atoms with van der Waals surface area (Å²) in [5, 5.41) is 0.733. The van der Waals surface area contributed by atoms with E-state index in [1.54, 1.807) is 7.11 Å². The lowest BCUT2D eigenvalue weighted by Crippen LogP contribution is -2.30. The van der Waals surface area contributed by atoms with Crippen LogP contribution in [0, 0.1) is 0 Å². The van der Waals surface area contributed by atoms with Crippen molar-refractivity contribution < 1.29 is 4.74 Å². The normalized spacial score (nSPS) is 11.8. The molecule has 0 unspecified atom stereocenters. The van der Waals surface area contributed by atoms with Crippen LogP contribution in [0.25, 0.3) is 0 Å². The van der Waals surface area contributed by atoms with Crippen LogP contribution < -0.4 is 0 Å². The highest BCUT2D eigenvalue weighted by atomic mass is 35.5. The molecular formula is C14H19Cl3O. The van der Waals surface area contributed by atoms with Crippen LogP contribution in [0.3, 0.4) is 0 Å². The monoisotopic (exact) mass is 308 g/mol. The van der Waals surface area contributed by atoms with E-state index in [1.165, 1.54) is 0 Å². The van der Waals surface area contributed by atoms with Crippen molar-refractivity contribution in [2.75, 3.05) is 25.5 Å². The lowest BCUT2D eigenvalue weighted by molar-refractivity contribution is 0.190. The van der Waals surface area contributed by atoms with E-state index in [-0.39, 0.29) is 5.41 Å². The van der Waals surface area contributed by atoms with Crippen LogP contribution in [-0.2, 0) is 10.2 Å². The molecule has 0 saturated heterocycles. The number of alkyl halides is 2. The molecule has 0 atom stereocenters. The van der Waals surface area contributed by atoms with Gasteiger partial charge in [-0.15, -0.1) is 23.2 Å². The molecule has 0 N–H and O–H groups in total. The lowest BCUT2D eigenvalue weighted by atomic mass is 9.80. The SMILES string of the molecule is COCCCCC(CCl)(CCl)c1ccc(Cl)cc1. The minimum absolute atomic E-state index is 0.165. The van der Waals surface area contributed by atoms with Gasteiger partial charge in [0.05, 0.1) is 0 Å². The first-order valence-corrected chi connectivity index (χ1v) is 7.50. The number of hydrogen-bond donors (Lipinski definition) is 0. The van der Waals surface area contributed by atoms with Crippen LogP contribution >= 0.6 is 34.8 Å². The quantitative estimate of drug-likeness (QED) is 0.491. The summed E-state index contributed by atoms with van der Waals surface area (Å²) in [6, 6.07) is 7.81. The standard InChI is InChI=1S/C14H19Cl3O/c1-18-9-3-2-8-14(10-15,11-16)12-4-6-13(17)7-5-12/h4-7H,2-3,8-11H2,1H3. The summed E-state index contributed by atoms with van der Waals surface area (Å²) in [5.41, 5.74) is 0.996. The number of rotatable bonds is 8. The van der Waals surface area contributed by atoms with E-state index in [0.29, 0.717) is 11.8 Å². The Morgan fingerprint density at radius 1 is 1.06 bits per heavy atom. The highest BCUT2D eigenvalue weighted by Crippen LogP contribution is 2.33. The summed E-state index contributed by atoms with van der Waals surface area (Å²) in [6.45, 7) is 0.779. The molecular weight excluding hydrogens is 291 g/mol. The lowest BCUT2D eigenvalue weighted by Gasteiger charge is -2.30. The second kappa shape index (κ2) is 8.27. The molecule has 0 aliphatic heterocycles. The number of methoxy groups -OCH3 is 1. The van der Waals surface area contributed by atoms with Crippen LogP contribution in [0.5, 0.6) is 0 Å². The Morgan fingerprint density at radius 3 is 2.17 bits per heavy atom. The van der Waals surface area contributed by atoms with Gasteiger partial charge in [-0.25, -0.2) is 0 Å². The predicted octanol–water partition coefficient (Wildman–Crippen LogP) is 4.87. The predicted molar refractivity (Wildman–Crippen MR) is 80.3 cm³/mol. The Kier molecular flexibility index (Phi) is 7.40. The fraction of sp³-hybridized carbons (Fsp3) is 0.571. The molecule has 0 heterocycles. The van der Waals surface area contributed by atoms with Crippen molar-refractivity contribution >= 4 is 34.8 Å². The number of benzene rings is 1. The molecule has 1 rings (SSSR count). The third kappa shape index (κ3) is 4.31. The average Bonchev–Trinajstić information content (AvgIpc) is 2.41. The van der Waals surface area contributed by atoms with Gasteiger partial charge in [0.15, 0.2) is 0 Å². The van der Waals surface area contributed by atoms with Gasteiger partial charge in [-0.05, 0) is 30.5 Å². The Hall–Kier alpha value is 0.0500. The van der Waals surface area contributed by atoms with Gasteiger partial charge < -0.3 is 4.74 Å². The van der Waals surface area contributed by atoms with Gasteiger partial charge in [0.1, 0.15) is 0 Å². The maximum absolute atomic E-state index is 6.16. The van der Waals surface area contributed by atoms with Crippen molar-refractivity contribution in [3.8, 4) is 0 Å². The Bertz CT molecular complexity index is 333. The zero-order valence-electron chi connectivity index (χ0n) is 10.6. The second-order valence-electron chi connectivity index (χ2n) is 4.50. The fourth-order valence-electron chi connectivity index (χ4n) is 1.98. The van der Waals surface area contributed by atoms with Crippen LogP contribution in [0.4, 0.5) is 0 Å². The third-order valence-electron chi connectivity index (χ3n) is 3.22. The van der Waals surface area contributed by atoms with E-state index in [1.807, 2.05) is 24.3 Å². The van der Waals surface area contributed by atoms with Gasteiger partial charge in [0.2, 0.25) is 0 Å². The molecule has 1 aromatic rings. The average molecular weight is 310 g/mol. The molecule has 0 aromatic heterocycles. The summed E-state index contributed by atoms with van der Waals surface area (Å²) < 4.78 is 5.06. The Morgan fingerprint density at radius 2 is 1.67 bits per heavy atom. The topological polar surface area (TPSA) is 9.23 Å². The summed E-state index contributed by atoms with van der Waals surface area (Å²) in [6.07, 6.45) is 3.04. The minimum Gasteiger partial charge on any atom is -0.385 e. The van der Waals surface area contributed by atoms with Crippen molar-refractivity contribution in [1.82, 2.24) is 0 Å². The number of halogens is 3. The zero-order chi connectivity index (χ0) is 13.4. The molecule has 4 heteroatoms. The number of unbranched alkanes of at least 4 members (excludes halogenated alkanes) is 1. The number of hydrogen-bond acceptors (Lipinski definition) is 1. The third-order valence-corrected chi connectivity index (χ3v) is 4.50. The van der Waals surface area contributed by atoms with Crippen molar-refractivity contribution in [3.05, 3.63) is 34.9 Å². The summed E-state index contributed by atoms with van der Waals surface area (Å²) in [5.74, 6) is 1.04. The molecule has 18 heavy (non-hydrogen) atoms. The maximum atomic E-state index is 6.16. The first-order chi connectivity index (χ1) is 8.68. The molecule has 102 valence electrons. The molecule has 0 fully saturated rings. The molecule has 0 radical (unpaired) electrons. The largest absolute Gasteiger partial charge is 0.385 e. The Balaban J connectivity index is 2.75. The van der Waals surface area contributed by atoms with Gasteiger partial charge >= 0.3 is 0 Å². The molecule has 0 bridgehead atoms. The first kappa shape index (κ1) is 16.1. The fourth-order valence-corrected chi connectivity index (χ4v) is 2.97. The van der Waals surface area contributed by atoms with E-state index in [2.05, 4.69) is 0 Å². The summed E-state index contributed by atoms with van der Waals surface area (Å²) in [7, 11) is 1.72. The minimum atomic E-state index is -0.165. The van der Waals surface area contributed by atoms with Gasteiger partial charge in [-0.1, -0.05) is 30.2 Å². The molecule has 0 amide bonds. The van der Waals surface area contributed by atoms with Crippen LogP contribution in [0.15, 0.2) is 24.3 Å². The molecule has 1 aromatic carbocycles. The summed E-state index contributed by atoms with van der Waals surface area (Å²) in [4.78, 5) is 0. The van der Waals surface area contributed by atoms with Crippen molar-refractivity contribution in [1.29, 1.82) is 0 Å². The van der Waals surface area contributed by atoms with E-state index < -0.39 is 0 Å². The molecule has 0 spiro atoms.